The Morgan fingerprint density at radius 3 is 2.69 bits per heavy atom. The van der Waals surface area contributed by atoms with Crippen LogP contribution in [0, 0.1) is 5.92 Å². The molecular weight excluding hydrogens is 330 g/mol. The summed E-state index contributed by atoms with van der Waals surface area (Å²) in [7, 11) is 0. The number of nitrogens with zero attached hydrogens (tertiary/aromatic N) is 3. The fourth-order valence-electron chi connectivity index (χ4n) is 3.60. The normalized spacial score (nSPS) is 18.0. The number of aryl methyl sites for hydroxylation is 1. The lowest BCUT2D eigenvalue weighted by Crippen LogP contribution is -2.26. The van der Waals surface area contributed by atoms with Gasteiger partial charge in [-0.25, -0.2) is 4.98 Å². The van der Waals surface area contributed by atoms with Crippen LogP contribution in [-0.2, 0) is 11.2 Å². The van der Waals surface area contributed by atoms with Gasteiger partial charge in [-0.2, -0.15) is 9.78 Å². The summed E-state index contributed by atoms with van der Waals surface area (Å²) in [6, 6.07) is 3.42. The van der Waals surface area contributed by atoms with Crippen molar-refractivity contribution in [3.05, 3.63) is 33.9 Å². The maximum absolute atomic E-state index is 12.7. The van der Waals surface area contributed by atoms with E-state index in [-0.39, 0.29) is 17.4 Å². The van der Waals surface area contributed by atoms with E-state index in [2.05, 4.69) is 20.4 Å². The Kier molecular flexibility index (Phi) is 4.61. The van der Waals surface area contributed by atoms with Gasteiger partial charge in [0, 0.05) is 29.7 Å². The van der Waals surface area contributed by atoms with E-state index in [9.17, 15) is 9.59 Å². The SMILES string of the molecule is CCc1cc(=O)[nH]c(-n2nc(C3CC3)cc2NC(=O)C2CCCCC2)n1. The fraction of sp³-hybridized carbons (Fsp3) is 0.579. The van der Waals surface area contributed by atoms with Gasteiger partial charge < -0.3 is 5.32 Å². The summed E-state index contributed by atoms with van der Waals surface area (Å²) < 4.78 is 1.58. The van der Waals surface area contributed by atoms with Gasteiger partial charge in [0.05, 0.1) is 5.69 Å². The third-order valence-corrected chi connectivity index (χ3v) is 5.30. The summed E-state index contributed by atoms with van der Waals surface area (Å²) in [5.41, 5.74) is 1.45. The number of hydrogen-bond acceptors (Lipinski definition) is 4. The molecule has 0 atom stereocenters. The van der Waals surface area contributed by atoms with E-state index < -0.39 is 0 Å². The molecule has 0 radical (unpaired) electrons. The summed E-state index contributed by atoms with van der Waals surface area (Å²) >= 11 is 0. The Labute approximate surface area is 152 Å². The molecule has 0 spiro atoms. The van der Waals surface area contributed by atoms with Crippen LogP contribution in [0.1, 0.15) is 69.2 Å². The first-order valence-corrected chi connectivity index (χ1v) is 9.65. The topological polar surface area (TPSA) is 92.7 Å². The number of H-pyrrole nitrogens is 1. The van der Waals surface area contributed by atoms with Crippen LogP contribution in [0.2, 0.25) is 0 Å². The largest absolute Gasteiger partial charge is 0.310 e. The van der Waals surface area contributed by atoms with Crippen molar-refractivity contribution in [2.75, 3.05) is 5.32 Å². The molecular formula is C19H25N5O2. The first kappa shape index (κ1) is 17.0. The number of anilines is 1. The van der Waals surface area contributed by atoms with E-state index in [1.54, 1.807) is 4.68 Å². The van der Waals surface area contributed by atoms with Crippen LogP contribution < -0.4 is 10.9 Å². The van der Waals surface area contributed by atoms with Gasteiger partial charge in [0.15, 0.2) is 0 Å². The molecule has 0 aromatic carbocycles. The zero-order valence-electron chi connectivity index (χ0n) is 15.1. The number of carbonyl (C=O) groups is 1. The second-order valence-corrected chi connectivity index (χ2v) is 7.38. The highest BCUT2D eigenvalue weighted by Gasteiger charge is 2.29. The smallest absolute Gasteiger partial charge is 0.252 e. The van der Waals surface area contributed by atoms with Gasteiger partial charge in [-0.3, -0.25) is 14.6 Å². The van der Waals surface area contributed by atoms with E-state index >= 15 is 0 Å². The quantitative estimate of drug-likeness (QED) is 0.862. The van der Waals surface area contributed by atoms with Crippen molar-refractivity contribution in [2.45, 2.75) is 64.2 Å². The molecule has 7 heteroatoms. The molecule has 2 aliphatic rings. The van der Waals surface area contributed by atoms with Crippen molar-refractivity contribution >= 4 is 11.7 Å². The van der Waals surface area contributed by atoms with Gasteiger partial charge in [0.1, 0.15) is 5.82 Å². The number of nitrogens with one attached hydrogen (secondary N) is 2. The minimum Gasteiger partial charge on any atom is -0.310 e. The van der Waals surface area contributed by atoms with E-state index in [4.69, 9.17) is 0 Å². The average molecular weight is 355 g/mol. The molecule has 4 rings (SSSR count). The first-order valence-electron chi connectivity index (χ1n) is 9.65. The summed E-state index contributed by atoms with van der Waals surface area (Å²) in [4.78, 5) is 31.9. The Hall–Kier alpha value is -2.44. The number of aromatic amines is 1. The minimum atomic E-state index is -0.208. The number of amides is 1. The molecule has 0 aliphatic heterocycles. The predicted octanol–water partition coefficient (Wildman–Crippen LogP) is 2.91. The second kappa shape index (κ2) is 7.05. The highest BCUT2D eigenvalue weighted by molar-refractivity contribution is 5.92. The van der Waals surface area contributed by atoms with Crippen molar-refractivity contribution in [2.24, 2.45) is 5.92 Å². The van der Waals surface area contributed by atoms with Gasteiger partial charge in [-0.1, -0.05) is 26.2 Å². The summed E-state index contributed by atoms with van der Waals surface area (Å²) in [6.07, 6.45) is 8.21. The van der Waals surface area contributed by atoms with E-state index in [1.165, 1.54) is 12.5 Å². The molecule has 2 aliphatic carbocycles. The molecule has 1 amide bonds. The zero-order chi connectivity index (χ0) is 18.1. The van der Waals surface area contributed by atoms with Crippen LogP contribution >= 0.6 is 0 Å². The molecule has 0 bridgehead atoms. The molecule has 2 aromatic rings. The number of hydrogen-bond donors (Lipinski definition) is 2. The molecule has 2 fully saturated rings. The minimum absolute atomic E-state index is 0.0437. The van der Waals surface area contributed by atoms with Crippen LogP contribution in [0.3, 0.4) is 0 Å². The lowest BCUT2D eigenvalue weighted by atomic mass is 9.89. The van der Waals surface area contributed by atoms with Crippen LogP contribution in [0.15, 0.2) is 16.9 Å². The molecule has 26 heavy (non-hydrogen) atoms. The van der Waals surface area contributed by atoms with Gasteiger partial charge in [-0.05, 0) is 32.1 Å². The summed E-state index contributed by atoms with van der Waals surface area (Å²) in [6.45, 7) is 1.95. The van der Waals surface area contributed by atoms with Crippen LogP contribution in [0.5, 0.6) is 0 Å². The molecule has 2 heterocycles. The highest BCUT2D eigenvalue weighted by Crippen LogP contribution is 2.40. The van der Waals surface area contributed by atoms with E-state index in [1.807, 2.05) is 13.0 Å². The molecule has 2 aromatic heterocycles. The second-order valence-electron chi connectivity index (χ2n) is 7.38. The Morgan fingerprint density at radius 1 is 1.23 bits per heavy atom. The highest BCUT2D eigenvalue weighted by atomic mass is 16.2. The maximum atomic E-state index is 12.7. The average Bonchev–Trinajstić information content (AvgIpc) is 3.42. The standard InChI is InChI=1S/C19H25N5O2/c1-2-14-10-17(25)22-19(20-14)24-16(11-15(23-24)12-8-9-12)21-18(26)13-6-4-3-5-7-13/h10-13H,2-9H2,1H3,(H,21,26)(H,20,22,25). The van der Waals surface area contributed by atoms with Crippen molar-refractivity contribution in [1.29, 1.82) is 0 Å². The lowest BCUT2D eigenvalue weighted by molar-refractivity contribution is -0.120. The number of carbonyl (C=O) groups excluding carboxylic acids is 1. The lowest BCUT2D eigenvalue weighted by Gasteiger charge is -2.20. The first-order chi connectivity index (χ1) is 12.6. The van der Waals surface area contributed by atoms with Crippen molar-refractivity contribution in [3.8, 4) is 5.95 Å². The van der Waals surface area contributed by atoms with Gasteiger partial charge in [-0.15, -0.1) is 0 Å². The summed E-state index contributed by atoms with van der Waals surface area (Å²) in [5, 5.41) is 7.66. The zero-order valence-corrected chi connectivity index (χ0v) is 15.1. The van der Waals surface area contributed by atoms with Gasteiger partial charge in [0.2, 0.25) is 11.9 Å². The monoisotopic (exact) mass is 355 g/mol. The molecule has 2 saturated carbocycles. The number of aromatic nitrogens is 4. The van der Waals surface area contributed by atoms with Crippen LogP contribution in [0.4, 0.5) is 5.82 Å². The van der Waals surface area contributed by atoms with Crippen molar-refractivity contribution < 1.29 is 4.79 Å². The third-order valence-electron chi connectivity index (χ3n) is 5.30. The Balaban J connectivity index is 1.66. The van der Waals surface area contributed by atoms with Crippen LogP contribution in [0.25, 0.3) is 5.95 Å². The molecule has 0 unspecified atom stereocenters. The maximum Gasteiger partial charge on any atom is 0.252 e. The van der Waals surface area contributed by atoms with Crippen molar-refractivity contribution in [3.63, 3.8) is 0 Å². The molecule has 2 N–H and O–H groups in total. The van der Waals surface area contributed by atoms with Crippen LogP contribution in [-0.4, -0.2) is 25.7 Å². The fourth-order valence-corrected chi connectivity index (χ4v) is 3.60. The molecule has 0 saturated heterocycles. The van der Waals surface area contributed by atoms with Gasteiger partial charge >= 0.3 is 0 Å². The van der Waals surface area contributed by atoms with Gasteiger partial charge in [0.25, 0.3) is 5.56 Å². The Bertz CT molecular complexity index is 859. The van der Waals surface area contributed by atoms with E-state index in [0.29, 0.717) is 29.8 Å². The van der Waals surface area contributed by atoms with E-state index in [0.717, 1.165) is 44.2 Å². The Morgan fingerprint density at radius 2 is 2.00 bits per heavy atom. The van der Waals surface area contributed by atoms with Crippen molar-refractivity contribution in [1.82, 2.24) is 19.7 Å². The summed E-state index contributed by atoms with van der Waals surface area (Å²) in [5.74, 6) is 1.51. The third kappa shape index (κ3) is 3.57. The molecule has 7 nitrogen and oxygen atoms in total. The number of rotatable bonds is 5. The predicted molar refractivity (Wildman–Crippen MR) is 98.5 cm³/mol. The molecule has 138 valence electrons.